The van der Waals surface area contributed by atoms with Gasteiger partial charge in [0.05, 0.1) is 15.9 Å². The van der Waals surface area contributed by atoms with Crippen LogP contribution in [0.2, 0.25) is 0 Å². The molecule has 0 spiro atoms. The van der Waals surface area contributed by atoms with Gasteiger partial charge < -0.3 is 15.1 Å². The first-order valence-corrected chi connectivity index (χ1v) is 11.0. The van der Waals surface area contributed by atoms with Gasteiger partial charge in [-0.3, -0.25) is 0 Å². The quantitative estimate of drug-likeness (QED) is 0.542. The first kappa shape index (κ1) is 19.1. The van der Waals surface area contributed by atoms with Crippen molar-refractivity contribution in [1.29, 1.82) is 0 Å². The lowest BCUT2D eigenvalue weighted by Crippen LogP contribution is -2.44. The van der Waals surface area contributed by atoms with Gasteiger partial charge in [-0.15, -0.1) is 16.4 Å². The van der Waals surface area contributed by atoms with Crippen molar-refractivity contribution in [3.63, 3.8) is 0 Å². The van der Waals surface area contributed by atoms with Crippen LogP contribution in [0.5, 0.6) is 0 Å². The molecular weight excluding hydrogens is 394 g/mol. The third-order valence-corrected chi connectivity index (χ3v) is 7.00. The molecule has 0 aliphatic carbocycles. The summed E-state index contributed by atoms with van der Waals surface area (Å²) < 4.78 is 1.03. The number of hydrogen-bond donors (Lipinski definition) is 1. The van der Waals surface area contributed by atoms with Crippen LogP contribution < -0.4 is 10.2 Å². The van der Waals surface area contributed by atoms with E-state index < -0.39 is 0 Å². The summed E-state index contributed by atoms with van der Waals surface area (Å²) in [6.45, 7) is 9.18. The van der Waals surface area contributed by atoms with Crippen molar-refractivity contribution in [1.82, 2.24) is 25.1 Å². The van der Waals surface area contributed by atoms with Crippen LogP contribution in [0.15, 0.2) is 30.6 Å². The zero-order chi connectivity index (χ0) is 20.7. The molecule has 0 saturated carbocycles. The average molecular weight is 420 g/mol. The maximum atomic E-state index is 4.54. The Morgan fingerprint density at radius 3 is 2.53 bits per heavy atom. The van der Waals surface area contributed by atoms with Crippen molar-refractivity contribution in [2.24, 2.45) is 0 Å². The van der Waals surface area contributed by atoms with Crippen LogP contribution in [0.4, 0.5) is 11.5 Å². The SMILES string of the molecule is Cc1nnc2sc3c(NCc4ccc(N5CCN(C)CC5)cc4)ncnc3c2c1C. The molecule has 1 aliphatic heterocycles. The van der Waals surface area contributed by atoms with Crippen molar-refractivity contribution in [2.45, 2.75) is 20.4 Å². The molecule has 4 aromatic rings. The van der Waals surface area contributed by atoms with Gasteiger partial charge in [0.15, 0.2) is 0 Å². The van der Waals surface area contributed by atoms with E-state index in [2.05, 4.69) is 73.5 Å². The Balaban J connectivity index is 1.36. The third-order valence-electron chi connectivity index (χ3n) is 5.93. The van der Waals surface area contributed by atoms with E-state index >= 15 is 0 Å². The number of benzene rings is 1. The van der Waals surface area contributed by atoms with Gasteiger partial charge >= 0.3 is 0 Å². The number of rotatable bonds is 4. The largest absolute Gasteiger partial charge is 0.369 e. The molecule has 0 amide bonds. The number of hydrogen-bond acceptors (Lipinski definition) is 8. The van der Waals surface area contributed by atoms with Crippen LogP contribution in [-0.2, 0) is 6.54 Å². The van der Waals surface area contributed by atoms with Crippen molar-refractivity contribution in [2.75, 3.05) is 43.4 Å². The zero-order valence-electron chi connectivity index (χ0n) is 17.5. The van der Waals surface area contributed by atoms with Gasteiger partial charge in [-0.25, -0.2) is 9.97 Å². The summed E-state index contributed by atoms with van der Waals surface area (Å²) >= 11 is 1.60. The molecule has 3 aromatic heterocycles. The van der Waals surface area contributed by atoms with Gasteiger partial charge in [-0.05, 0) is 44.2 Å². The molecular formula is C22H25N7S. The van der Waals surface area contributed by atoms with E-state index in [1.54, 1.807) is 17.7 Å². The third kappa shape index (κ3) is 3.46. The van der Waals surface area contributed by atoms with E-state index in [1.165, 1.54) is 11.3 Å². The van der Waals surface area contributed by atoms with Crippen molar-refractivity contribution >= 4 is 43.3 Å². The van der Waals surface area contributed by atoms with Crippen LogP contribution in [0.3, 0.4) is 0 Å². The first-order chi connectivity index (χ1) is 14.6. The molecule has 8 heteroatoms. The molecule has 154 valence electrons. The second-order valence-corrected chi connectivity index (χ2v) is 8.90. The summed E-state index contributed by atoms with van der Waals surface area (Å²) in [6.07, 6.45) is 1.63. The molecule has 0 bridgehead atoms. The van der Waals surface area contributed by atoms with E-state index in [1.807, 2.05) is 6.92 Å². The van der Waals surface area contributed by atoms with Crippen molar-refractivity contribution in [3.05, 3.63) is 47.4 Å². The highest BCUT2D eigenvalue weighted by Crippen LogP contribution is 2.36. The lowest BCUT2D eigenvalue weighted by molar-refractivity contribution is 0.313. The number of anilines is 2. The number of thiophene rings is 1. The van der Waals surface area contributed by atoms with Crippen LogP contribution in [0.1, 0.15) is 16.8 Å². The Hall–Kier alpha value is -2.84. The summed E-state index contributed by atoms with van der Waals surface area (Å²) in [4.78, 5) is 14.8. The second-order valence-electron chi connectivity index (χ2n) is 7.90. The number of piperazine rings is 1. The number of likely N-dealkylation sites (N-methyl/N-ethyl adjacent to an activating group) is 1. The summed E-state index contributed by atoms with van der Waals surface area (Å²) in [5.74, 6) is 0.850. The van der Waals surface area contributed by atoms with Gasteiger partial charge in [-0.2, -0.15) is 5.10 Å². The highest BCUT2D eigenvalue weighted by atomic mass is 32.1. The summed E-state index contributed by atoms with van der Waals surface area (Å²) in [5, 5.41) is 13.2. The molecule has 7 nitrogen and oxygen atoms in total. The molecule has 0 atom stereocenters. The maximum absolute atomic E-state index is 4.54. The van der Waals surface area contributed by atoms with Crippen LogP contribution >= 0.6 is 11.3 Å². The Labute approximate surface area is 179 Å². The highest BCUT2D eigenvalue weighted by molar-refractivity contribution is 7.25. The van der Waals surface area contributed by atoms with E-state index in [9.17, 15) is 0 Å². The topological polar surface area (TPSA) is 70.1 Å². The number of aromatic nitrogens is 4. The Morgan fingerprint density at radius 1 is 1.00 bits per heavy atom. The fraction of sp³-hybridized carbons (Fsp3) is 0.364. The molecule has 30 heavy (non-hydrogen) atoms. The minimum atomic E-state index is 0.715. The van der Waals surface area contributed by atoms with Gasteiger partial charge in [0.25, 0.3) is 0 Å². The normalized spacial score (nSPS) is 15.2. The Bertz CT molecular complexity index is 1190. The molecule has 4 heterocycles. The summed E-state index contributed by atoms with van der Waals surface area (Å²) in [7, 11) is 2.18. The highest BCUT2D eigenvalue weighted by Gasteiger charge is 2.16. The summed E-state index contributed by atoms with van der Waals surface area (Å²) in [6, 6.07) is 8.84. The number of fused-ring (bicyclic) bond motifs is 3. The van der Waals surface area contributed by atoms with Crippen LogP contribution in [0, 0.1) is 13.8 Å². The zero-order valence-corrected chi connectivity index (χ0v) is 18.3. The molecule has 1 aliphatic rings. The smallest absolute Gasteiger partial charge is 0.149 e. The lowest BCUT2D eigenvalue weighted by atomic mass is 10.1. The van der Waals surface area contributed by atoms with Gasteiger partial charge in [0, 0.05) is 43.8 Å². The summed E-state index contributed by atoms with van der Waals surface area (Å²) in [5.41, 5.74) is 5.55. The minimum absolute atomic E-state index is 0.715. The van der Waals surface area contributed by atoms with Crippen molar-refractivity contribution in [3.8, 4) is 0 Å². The Morgan fingerprint density at radius 2 is 1.77 bits per heavy atom. The predicted molar refractivity (Wildman–Crippen MR) is 123 cm³/mol. The van der Waals surface area contributed by atoms with Gasteiger partial charge in [0.2, 0.25) is 0 Å². The van der Waals surface area contributed by atoms with E-state index in [4.69, 9.17) is 0 Å². The Kier molecular flexibility index (Phi) is 4.96. The van der Waals surface area contributed by atoms with E-state index in [0.717, 1.165) is 63.7 Å². The van der Waals surface area contributed by atoms with Crippen LogP contribution in [-0.4, -0.2) is 58.3 Å². The lowest BCUT2D eigenvalue weighted by Gasteiger charge is -2.34. The fourth-order valence-corrected chi connectivity index (χ4v) is 4.98. The molecule has 0 radical (unpaired) electrons. The molecule has 1 N–H and O–H groups in total. The fourth-order valence-electron chi connectivity index (χ4n) is 3.88. The minimum Gasteiger partial charge on any atom is -0.369 e. The number of nitrogens with one attached hydrogen (secondary N) is 1. The molecule has 1 saturated heterocycles. The van der Waals surface area contributed by atoms with Crippen molar-refractivity contribution < 1.29 is 0 Å². The molecule has 1 aromatic carbocycles. The maximum Gasteiger partial charge on any atom is 0.149 e. The molecule has 5 rings (SSSR count). The molecule has 0 unspecified atom stereocenters. The molecule has 1 fully saturated rings. The standard InChI is InChI=1S/C22H25N7S/c1-14-15(2)26-27-22-18(14)19-20(30-22)21(25-13-24-19)23-12-16-4-6-17(7-5-16)29-10-8-28(3)9-11-29/h4-7,13H,8-12H2,1-3H3,(H,23,24,25). The van der Waals surface area contributed by atoms with Gasteiger partial charge in [0.1, 0.15) is 17.0 Å². The van der Waals surface area contributed by atoms with E-state index in [0.29, 0.717) is 6.54 Å². The predicted octanol–water partition coefficient (Wildman–Crippen LogP) is 3.62. The first-order valence-electron chi connectivity index (χ1n) is 10.2. The number of nitrogens with zero attached hydrogens (tertiary/aromatic N) is 6. The van der Waals surface area contributed by atoms with Crippen LogP contribution in [0.25, 0.3) is 20.4 Å². The second kappa shape index (κ2) is 7.77. The monoisotopic (exact) mass is 419 g/mol. The number of aryl methyl sites for hydroxylation is 2. The van der Waals surface area contributed by atoms with E-state index in [-0.39, 0.29) is 0 Å². The van der Waals surface area contributed by atoms with Gasteiger partial charge in [-0.1, -0.05) is 12.1 Å². The average Bonchev–Trinajstić information content (AvgIpc) is 3.16.